The molecule has 1 unspecified atom stereocenters. The lowest BCUT2D eigenvalue weighted by molar-refractivity contribution is 0.668. The molecule has 2 aromatic heterocycles. The Morgan fingerprint density at radius 1 is 0.591 bits per heavy atom. The molecule has 5 heteroatoms. The normalized spacial score (nSPS) is 15.0. The molecule has 1 aliphatic heterocycles. The second-order valence-corrected chi connectivity index (χ2v) is 12.1. The Balaban J connectivity index is 1.35. The molecular formula is C39H25N3OS. The van der Waals surface area contributed by atoms with Gasteiger partial charge in [0.2, 0.25) is 0 Å². The van der Waals surface area contributed by atoms with E-state index >= 15 is 0 Å². The third-order valence-corrected chi connectivity index (χ3v) is 9.51. The zero-order valence-electron chi connectivity index (χ0n) is 23.6. The number of hydrogen-bond acceptors (Lipinski definition) is 5. The van der Waals surface area contributed by atoms with E-state index in [0.29, 0.717) is 5.84 Å². The predicted octanol–water partition coefficient (Wildman–Crippen LogP) is 10.1. The first kappa shape index (κ1) is 25.0. The van der Waals surface area contributed by atoms with Gasteiger partial charge in [0, 0.05) is 42.1 Å². The first-order valence-electron chi connectivity index (χ1n) is 14.7. The number of nitrogens with zero attached hydrogens (tertiary/aromatic N) is 2. The molecule has 4 nitrogen and oxygen atoms in total. The summed E-state index contributed by atoms with van der Waals surface area (Å²) >= 11 is 1.83. The van der Waals surface area contributed by atoms with Crippen LogP contribution in [-0.4, -0.2) is 11.7 Å². The monoisotopic (exact) mass is 583 g/mol. The minimum absolute atomic E-state index is 0.302. The van der Waals surface area contributed by atoms with E-state index in [1.54, 1.807) is 0 Å². The highest BCUT2D eigenvalue weighted by atomic mass is 32.1. The number of benzene rings is 6. The summed E-state index contributed by atoms with van der Waals surface area (Å²) in [5.74, 6) is 1.47. The van der Waals surface area contributed by atoms with Crippen LogP contribution in [0.5, 0.6) is 0 Å². The van der Waals surface area contributed by atoms with Crippen molar-refractivity contribution < 1.29 is 4.42 Å². The van der Waals surface area contributed by atoms with Gasteiger partial charge >= 0.3 is 0 Å². The SMILES string of the molecule is c1ccc(C2=NC(c3c(-c4ccc5sc6ccccc6c5c4)ccc4oc5ccccc5c34)=NC(c3ccccc3)N2)cc1. The molecule has 0 aliphatic carbocycles. The molecule has 6 aromatic carbocycles. The van der Waals surface area contributed by atoms with E-state index in [0.717, 1.165) is 55.6 Å². The van der Waals surface area contributed by atoms with Gasteiger partial charge in [-0.25, -0.2) is 9.98 Å². The third kappa shape index (κ3) is 4.05. The van der Waals surface area contributed by atoms with Crippen LogP contribution in [-0.2, 0) is 0 Å². The highest BCUT2D eigenvalue weighted by Gasteiger charge is 2.26. The Bertz CT molecular complexity index is 2420. The molecule has 0 saturated carbocycles. The minimum Gasteiger partial charge on any atom is -0.456 e. The van der Waals surface area contributed by atoms with Gasteiger partial charge in [0.05, 0.1) is 0 Å². The first-order valence-corrected chi connectivity index (χ1v) is 15.5. The molecule has 1 aliphatic rings. The molecule has 1 atom stereocenters. The average molecular weight is 584 g/mol. The summed E-state index contributed by atoms with van der Waals surface area (Å²) in [4.78, 5) is 10.5. The molecule has 9 rings (SSSR count). The number of amidine groups is 2. The number of para-hydroxylation sites is 1. The third-order valence-electron chi connectivity index (χ3n) is 8.36. The van der Waals surface area contributed by atoms with Gasteiger partial charge in [0.25, 0.3) is 0 Å². The number of rotatable bonds is 4. The van der Waals surface area contributed by atoms with Gasteiger partial charge in [-0.2, -0.15) is 0 Å². The summed E-state index contributed by atoms with van der Waals surface area (Å²) in [6.45, 7) is 0. The van der Waals surface area contributed by atoms with Crippen molar-refractivity contribution in [3.63, 3.8) is 0 Å². The standard InChI is InChI=1S/C39H25N3OS/c1-3-11-24(12-4-1)37-40-38(25-13-5-2-6-14-25)42-39(41-37)36-27(20-21-32-35(36)29-16-7-9-17-31(29)43-32)26-19-22-34-30(23-26)28-15-8-10-18-33(28)44-34/h1-23,37H,(H,40,41,42). The maximum absolute atomic E-state index is 6.40. The molecule has 44 heavy (non-hydrogen) atoms. The smallest absolute Gasteiger partial charge is 0.160 e. The molecule has 0 bridgehead atoms. The fraction of sp³-hybridized carbons (Fsp3) is 0.0256. The van der Waals surface area contributed by atoms with Gasteiger partial charge in [-0.3, -0.25) is 0 Å². The van der Waals surface area contributed by atoms with Crippen molar-refractivity contribution in [2.24, 2.45) is 9.98 Å². The number of fused-ring (bicyclic) bond motifs is 6. The second kappa shape index (κ2) is 10.0. The summed E-state index contributed by atoms with van der Waals surface area (Å²) in [6, 6.07) is 48.5. The van der Waals surface area contributed by atoms with Crippen LogP contribution in [0.2, 0.25) is 0 Å². The van der Waals surface area contributed by atoms with Crippen LogP contribution in [0.3, 0.4) is 0 Å². The number of aliphatic imine (C=N–C) groups is 2. The minimum atomic E-state index is -0.302. The fourth-order valence-electron chi connectivity index (χ4n) is 6.29. The maximum atomic E-state index is 6.40. The molecule has 8 aromatic rings. The summed E-state index contributed by atoms with van der Waals surface area (Å²) in [6.07, 6.45) is -0.302. The van der Waals surface area contributed by atoms with E-state index in [9.17, 15) is 0 Å². The van der Waals surface area contributed by atoms with Crippen LogP contribution < -0.4 is 5.32 Å². The molecule has 3 heterocycles. The van der Waals surface area contributed by atoms with Gasteiger partial charge in [0.15, 0.2) is 5.84 Å². The number of hydrogen-bond donors (Lipinski definition) is 1. The molecule has 0 spiro atoms. The largest absolute Gasteiger partial charge is 0.456 e. The molecule has 1 N–H and O–H groups in total. The maximum Gasteiger partial charge on any atom is 0.160 e. The molecule has 208 valence electrons. The van der Waals surface area contributed by atoms with E-state index in [1.165, 1.54) is 20.2 Å². The molecular weight excluding hydrogens is 559 g/mol. The Morgan fingerprint density at radius 2 is 1.32 bits per heavy atom. The molecule has 0 amide bonds. The van der Waals surface area contributed by atoms with Crippen LogP contribution >= 0.6 is 11.3 Å². The summed E-state index contributed by atoms with van der Waals surface area (Å²) in [5, 5.41) is 8.22. The van der Waals surface area contributed by atoms with Crippen molar-refractivity contribution in [1.29, 1.82) is 0 Å². The lowest BCUT2D eigenvalue weighted by atomic mass is 9.93. The van der Waals surface area contributed by atoms with Crippen LogP contribution in [0.1, 0.15) is 22.9 Å². The Labute approximate surface area is 257 Å². The van der Waals surface area contributed by atoms with Gasteiger partial charge in [-0.1, -0.05) is 103 Å². The van der Waals surface area contributed by atoms with Crippen molar-refractivity contribution in [2.75, 3.05) is 0 Å². The molecule has 0 saturated heterocycles. The van der Waals surface area contributed by atoms with Gasteiger partial charge in [-0.15, -0.1) is 11.3 Å². The first-order chi connectivity index (χ1) is 21.8. The number of thiophene rings is 1. The van der Waals surface area contributed by atoms with E-state index in [-0.39, 0.29) is 6.17 Å². The number of furan rings is 1. The van der Waals surface area contributed by atoms with Crippen LogP contribution in [0.25, 0.3) is 53.2 Å². The van der Waals surface area contributed by atoms with Crippen molar-refractivity contribution in [1.82, 2.24) is 5.32 Å². The Kier molecular flexibility index (Phi) is 5.71. The van der Waals surface area contributed by atoms with Gasteiger partial charge in [0.1, 0.15) is 23.2 Å². The van der Waals surface area contributed by atoms with Gasteiger partial charge < -0.3 is 9.73 Å². The summed E-state index contributed by atoms with van der Waals surface area (Å²) in [5.41, 5.74) is 6.93. The van der Waals surface area contributed by atoms with Crippen LogP contribution in [0, 0.1) is 0 Å². The second-order valence-electron chi connectivity index (χ2n) is 11.0. The highest BCUT2D eigenvalue weighted by Crippen LogP contribution is 2.41. The van der Waals surface area contributed by atoms with Crippen molar-refractivity contribution in [2.45, 2.75) is 6.17 Å². The van der Waals surface area contributed by atoms with Crippen molar-refractivity contribution in [3.8, 4) is 11.1 Å². The van der Waals surface area contributed by atoms with Crippen LogP contribution in [0.15, 0.2) is 154 Å². The Hall–Kier alpha value is -5.52. The van der Waals surface area contributed by atoms with E-state index < -0.39 is 0 Å². The summed E-state index contributed by atoms with van der Waals surface area (Å²) < 4.78 is 8.97. The van der Waals surface area contributed by atoms with Crippen molar-refractivity contribution in [3.05, 3.63) is 156 Å². The quantitative estimate of drug-likeness (QED) is 0.224. The fourth-order valence-corrected chi connectivity index (χ4v) is 7.38. The average Bonchev–Trinajstić information content (AvgIpc) is 3.66. The van der Waals surface area contributed by atoms with Crippen LogP contribution in [0.4, 0.5) is 0 Å². The highest BCUT2D eigenvalue weighted by molar-refractivity contribution is 7.25. The van der Waals surface area contributed by atoms with Gasteiger partial charge in [-0.05, 0) is 53.1 Å². The van der Waals surface area contributed by atoms with Crippen molar-refractivity contribution >= 4 is 65.1 Å². The van der Waals surface area contributed by atoms with E-state index in [2.05, 4.69) is 108 Å². The van der Waals surface area contributed by atoms with E-state index in [4.69, 9.17) is 14.4 Å². The lowest BCUT2D eigenvalue weighted by Crippen LogP contribution is -2.33. The lowest BCUT2D eigenvalue weighted by Gasteiger charge is -2.24. The zero-order chi connectivity index (χ0) is 29.0. The predicted molar refractivity (Wildman–Crippen MR) is 184 cm³/mol. The Morgan fingerprint density at radius 3 is 2.18 bits per heavy atom. The van der Waals surface area contributed by atoms with E-state index in [1.807, 2.05) is 47.7 Å². The number of nitrogens with one attached hydrogen (secondary N) is 1. The molecule has 0 fully saturated rings. The topological polar surface area (TPSA) is 49.9 Å². The summed E-state index contributed by atoms with van der Waals surface area (Å²) in [7, 11) is 0. The molecule has 0 radical (unpaired) electrons. The zero-order valence-corrected chi connectivity index (χ0v) is 24.4.